The minimum Gasteiger partial charge on any atom is -0.493 e. The Morgan fingerprint density at radius 3 is 2.63 bits per heavy atom. The van der Waals surface area contributed by atoms with Gasteiger partial charge in [-0.1, -0.05) is 0 Å². The van der Waals surface area contributed by atoms with Crippen molar-refractivity contribution in [3.63, 3.8) is 0 Å². The number of rotatable bonds is 7. The van der Waals surface area contributed by atoms with E-state index in [1.807, 2.05) is 18.2 Å². The van der Waals surface area contributed by atoms with Gasteiger partial charge in [0.1, 0.15) is 0 Å². The van der Waals surface area contributed by atoms with Crippen LogP contribution in [0.15, 0.2) is 36.4 Å². The topological polar surface area (TPSA) is 88.7 Å². The number of hydrogen-bond donors (Lipinski definition) is 3. The Kier molecular flexibility index (Phi) is 5.80. The average Bonchev–Trinajstić information content (AvgIpc) is 2.70. The van der Waals surface area contributed by atoms with E-state index in [1.165, 1.54) is 7.11 Å². The van der Waals surface area contributed by atoms with Crippen LogP contribution in [0.5, 0.6) is 11.5 Å². The summed E-state index contributed by atoms with van der Waals surface area (Å²) in [5.41, 5.74) is 3.47. The summed E-state index contributed by atoms with van der Waals surface area (Å²) in [5.74, 6) is 0.982. The first kappa shape index (κ1) is 18.6. The third-order valence-electron chi connectivity index (χ3n) is 4.39. The highest BCUT2D eigenvalue weighted by Crippen LogP contribution is 2.27. The van der Waals surface area contributed by atoms with Crippen LogP contribution in [0.4, 0.5) is 11.4 Å². The van der Waals surface area contributed by atoms with Crippen LogP contribution in [0.25, 0.3) is 0 Å². The summed E-state index contributed by atoms with van der Waals surface area (Å²) in [7, 11) is 3.09. The lowest BCUT2D eigenvalue weighted by atomic mass is 10.0. The largest absolute Gasteiger partial charge is 0.493 e. The predicted octanol–water partition coefficient (Wildman–Crippen LogP) is 2.43. The van der Waals surface area contributed by atoms with Gasteiger partial charge in [0.05, 0.1) is 14.2 Å². The quantitative estimate of drug-likeness (QED) is 0.653. The molecular weight excluding hydrogens is 346 g/mol. The van der Waals surface area contributed by atoms with E-state index >= 15 is 0 Å². The number of methoxy groups -OCH3 is 2. The highest BCUT2D eigenvalue weighted by atomic mass is 16.5. The fourth-order valence-electron chi connectivity index (χ4n) is 2.96. The molecule has 3 N–H and O–H groups in total. The first-order valence-electron chi connectivity index (χ1n) is 8.77. The summed E-state index contributed by atoms with van der Waals surface area (Å²) in [5, 5.41) is 9.01. The van der Waals surface area contributed by atoms with Crippen LogP contribution >= 0.6 is 0 Å². The molecule has 0 unspecified atom stereocenters. The molecule has 0 bridgehead atoms. The molecule has 0 saturated carbocycles. The van der Waals surface area contributed by atoms with E-state index in [0.29, 0.717) is 36.6 Å². The predicted molar refractivity (Wildman–Crippen MR) is 104 cm³/mol. The van der Waals surface area contributed by atoms with Crippen molar-refractivity contribution < 1.29 is 19.1 Å². The van der Waals surface area contributed by atoms with Crippen LogP contribution in [0.3, 0.4) is 0 Å². The molecule has 0 atom stereocenters. The van der Waals surface area contributed by atoms with E-state index in [0.717, 1.165) is 23.4 Å². The summed E-state index contributed by atoms with van der Waals surface area (Å²) in [6.45, 7) is 1.06. The van der Waals surface area contributed by atoms with E-state index < -0.39 is 0 Å². The first-order chi connectivity index (χ1) is 13.1. The van der Waals surface area contributed by atoms with Gasteiger partial charge in [0.2, 0.25) is 5.91 Å². The van der Waals surface area contributed by atoms with Crippen LogP contribution in [0, 0.1) is 0 Å². The Labute approximate surface area is 158 Å². The Balaban J connectivity index is 1.50. The van der Waals surface area contributed by atoms with Gasteiger partial charge in [-0.05, 0) is 48.4 Å². The van der Waals surface area contributed by atoms with E-state index in [9.17, 15) is 9.59 Å². The number of benzene rings is 2. The number of fused-ring (bicyclic) bond motifs is 1. The van der Waals surface area contributed by atoms with Crippen molar-refractivity contribution in [2.24, 2.45) is 0 Å². The molecule has 2 aromatic carbocycles. The maximum atomic E-state index is 12.3. The van der Waals surface area contributed by atoms with Crippen molar-refractivity contribution in [1.82, 2.24) is 5.32 Å². The highest BCUT2D eigenvalue weighted by Gasteiger charge is 2.14. The van der Waals surface area contributed by atoms with E-state index in [2.05, 4.69) is 16.0 Å². The van der Waals surface area contributed by atoms with Gasteiger partial charge in [0, 0.05) is 36.4 Å². The molecule has 0 spiro atoms. The smallest absolute Gasteiger partial charge is 0.251 e. The Hall–Kier alpha value is -3.22. The second kappa shape index (κ2) is 8.44. The van der Waals surface area contributed by atoms with E-state index in [4.69, 9.17) is 9.47 Å². The lowest BCUT2D eigenvalue weighted by molar-refractivity contribution is -0.116. The van der Waals surface area contributed by atoms with Crippen LogP contribution in [-0.2, 0) is 11.2 Å². The normalized spacial score (nSPS) is 12.6. The fourth-order valence-corrected chi connectivity index (χ4v) is 2.96. The molecule has 1 aliphatic rings. The number of ether oxygens (including phenoxy) is 2. The molecule has 0 aromatic heterocycles. The first-order valence-corrected chi connectivity index (χ1v) is 8.77. The van der Waals surface area contributed by atoms with Gasteiger partial charge in [0.25, 0.3) is 5.91 Å². The van der Waals surface area contributed by atoms with Crippen molar-refractivity contribution >= 4 is 23.2 Å². The summed E-state index contributed by atoms with van der Waals surface area (Å²) in [6, 6.07) is 10.9. The number of carbonyl (C=O) groups is 2. The van der Waals surface area contributed by atoms with Gasteiger partial charge in [-0.15, -0.1) is 0 Å². The Morgan fingerprint density at radius 2 is 1.85 bits per heavy atom. The molecule has 7 nitrogen and oxygen atoms in total. The lowest BCUT2D eigenvalue weighted by Crippen LogP contribution is -2.28. The molecule has 27 heavy (non-hydrogen) atoms. The van der Waals surface area contributed by atoms with Crippen LogP contribution < -0.4 is 25.4 Å². The number of anilines is 2. The molecule has 2 aromatic rings. The molecule has 0 aliphatic carbocycles. The van der Waals surface area contributed by atoms with E-state index in [-0.39, 0.29) is 11.8 Å². The van der Waals surface area contributed by atoms with Gasteiger partial charge >= 0.3 is 0 Å². The standard InChI is InChI=1S/C20H23N3O4/c1-26-17-7-3-14(12-18(17)27-2)20(25)22-10-9-21-15-5-6-16-13(11-15)4-8-19(24)23-16/h3,5-7,11-12,21H,4,8-10H2,1-2H3,(H,22,25)(H,23,24). The Morgan fingerprint density at radius 1 is 1.04 bits per heavy atom. The zero-order chi connectivity index (χ0) is 19.2. The summed E-state index contributed by atoms with van der Waals surface area (Å²) in [4.78, 5) is 23.7. The van der Waals surface area contributed by atoms with Gasteiger partial charge in [-0.3, -0.25) is 9.59 Å². The molecule has 1 aliphatic heterocycles. The minimum atomic E-state index is -0.175. The van der Waals surface area contributed by atoms with Crippen molar-refractivity contribution in [1.29, 1.82) is 0 Å². The summed E-state index contributed by atoms with van der Waals surface area (Å²) >= 11 is 0. The Bertz CT molecular complexity index is 851. The third kappa shape index (κ3) is 4.49. The zero-order valence-electron chi connectivity index (χ0n) is 15.4. The van der Waals surface area contributed by atoms with Crippen LogP contribution in [0.1, 0.15) is 22.3 Å². The number of amides is 2. The number of hydrogen-bond acceptors (Lipinski definition) is 5. The summed E-state index contributed by atoms with van der Waals surface area (Å²) in [6.07, 6.45) is 1.25. The third-order valence-corrected chi connectivity index (χ3v) is 4.39. The second-order valence-corrected chi connectivity index (χ2v) is 6.17. The monoisotopic (exact) mass is 369 g/mol. The van der Waals surface area contributed by atoms with Crippen molar-refractivity contribution in [2.45, 2.75) is 12.8 Å². The molecule has 2 amide bonds. The number of carbonyl (C=O) groups excluding carboxylic acids is 2. The van der Waals surface area contributed by atoms with Gasteiger partial charge in [0.15, 0.2) is 11.5 Å². The minimum absolute atomic E-state index is 0.0566. The molecule has 0 radical (unpaired) electrons. The van der Waals surface area contributed by atoms with Gasteiger partial charge in [-0.2, -0.15) is 0 Å². The highest BCUT2D eigenvalue weighted by molar-refractivity contribution is 5.95. The van der Waals surface area contributed by atoms with Gasteiger partial charge < -0.3 is 25.4 Å². The maximum absolute atomic E-state index is 12.3. The SMILES string of the molecule is COc1ccc(C(=O)NCCNc2ccc3c(c2)CCC(=O)N3)cc1OC. The van der Waals surface area contributed by atoms with Crippen molar-refractivity contribution in [3.8, 4) is 11.5 Å². The van der Waals surface area contributed by atoms with Crippen LogP contribution in [0.2, 0.25) is 0 Å². The lowest BCUT2D eigenvalue weighted by Gasteiger charge is -2.18. The van der Waals surface area contributed by atoms with Crippen LogP contribution in [-0.4, -0.2) is 39.1 Å². The van der Waals surface area contributed by atoms with Crippen molar-refractivity contribution in [2.75, 3.05) is 37.9 Å². The molecule has 3 rings (SSSR count). The molecule has 0 saturated heterocycles. The van der Waals surface area contributed by atoms with E-state index in [1.54, 1.807) is 25.3 Å². The zero-order valence-corrected chi connectivity index (χ0v) is 15.4. The average molecular weight is 369 g/mol. The molecule has 142 valence electrons. The maximum Gasteiger partial charge on any atom is 0.251 e. The second-order valence-electron chi connectivity index (χ2n) is 6.17. The molecular formula is C20H23N3O4. The summed E-state index contributed by atoms with van der Waals surface area (Å²) < 4.78 is 10.4. The van der Waals surface area contributed by atoms with Gasteiger partial charge in [-0.25, -0.2) is 0 Å². The number of aryl methyl sites for hydroxylation is 1. The fraction of sp³-hybridized carbons (Fsp3) is 0.300. The molecule has 1 heterocycles. The van der Waals surface area contributed by atoms with Crippen molar-refractivity contribution in [3.05, 3.63) is 47.5 Å². The number of nitrogens with one attached hydrogen (secondary N) is 3. The molecule has 0 fully saturated rings. The molecule has 7 heteroatoms.